The van der Waals surface area contributed by atoms with Crippen molar-refractivity contribution in [2.45, 2.75) is 25.9 Å². The van der Waals surface area contributed by atoms with Crippen LogP contribution in [0.15, 0.2) is 35.7 Å². The summed E-state index contributed by atoms with van der Waals surface area (Å²) in [5.74, 6) is 1.32. The number of ether oxygens (including phenoxy) is 2. The standard InChI is InChI=1S/C23H29N3O4S/c1-23(2)15-17-5-3-6-18(21(17)30-23)29-16-20(27)24-8-9-25-10-12-26(13-11-25)22(28)19-7-4-14-31-19/h3-7,14H,8-13,15-16H2,1-2H3,(H,24,27). The van der Waals surface area contributed by atoms with Gasteiger partial charge in [-0.05, 0) is 31.4 Å². The second kappa shape index (κ2) is 9.28. The molecule has 0 radical (unpaired) electrons. The lowest BCUT2D eigenvalue weighted by Crippen LogP contribution is -2.50. The maximum absolute atomic E-state index is 12.4. The third-order valence-electron chi connectivity index (χ3n) is 5.56. The van der Waals surface area contributed by atoms with Gasteiger partial charge in [0.05, 0.1) is 4.88 Å². The second-order valence-electron chi connectivity index (χ2n) is 8.53. The average molecular weight is 444 g/mol. The summed E-state index contributed by atoms with van der Waals surface area (Å²) in [4.78, 5) is 29.6. The van der Waals surface area contributed by atoms with E-state index in [-0.39, 0.29) is 24.0 Å². The molecule has 0 aliphatic carbocycles. The van der Waals surface area contributed by atoms with Gasteiger partial charge in [0.25, 0.3) is 11.8 Å². The Morgan fingerprint density at radius 1 is 1.16 bits per heavy atom. The van der Waals surface area contributed by atoms with Crippen LogP contribution in [0.1, 0.15) is 29.1 Å². The summed E-state index contributed by atoms with van der Waals surface area (Å²) in [5.41, 5.74) is 0.863. The molecule has 2 aliphatic heterocycles. The van der Waals surface area contributed by atoms with Crippen molar-refractivity contribution in [3.63, 3.8) is 0 Å². The Kier molecular flexibility index (Phi) is 6.48. The molecule has 166 valence electrons. The van der Waals surface area contributed by atoms with Crippen LogP contribution in [0.2, 0.25) is 0 Å². The number of nitrogens with zero attached hydrogens (tertiary/aromatic N) is 2. The van der Waals surface area contributed by atoms with Gasteiger partial charge in [-0.15, -0.1) is 11.3 Å². The lowest BCUT2D eigenvalue weighted by atomic mass is 10.0. The largest absolute Gasteiger partial charge is 0.483 e. The number of para-hydroxylation sites is 1. The van der Waals surface area contributed by atoms with Crippen LogP contribution in [0.5, 0.6) is 11.5 Å². The van der Waals surface area contributed by atoms with E-state index in [9.17, 15) is 9.59 Å². The molecule has 7 nitrogen and oxygen atoms in total. The summed E-state index contributed by atoms with van der Waals surface area (Å²) in [6, 6.07) is 9.57. The van der Waals surface area contributed by atoms with Gasteiger partial charge in [0.1, 0.15) is 5.60 Å². The van der Waals surface area contributed by atoms with Gasteiger partial charge < -0.3 is 19.7 Å². The van der Waals surface area contributed by atoms with Crippen molar-refractivity contribution in [1.29, 1.82) is 0 Å². The molecular formula is C23H29N3O4S. The van der Waals surface area contributed by atoms with Gasteiger partial charge in [0.15, 0.2) is 18.1 Å². The molecule has 1 aromatic carbocycles. The van der Waals surface area contributed by atoms with Crippen molar-refractivity contribution in [2.24, 2.45) is 0 Å². The summed E-state index contributed by atoms with van der Waals surface area (Å²) < 4.78 is 11.7. The van der Waals surface area contributed by atoms with E-state index in [4.69, 9.17) is 9.47 Å². The Bertz CT molecular complexity index is 921. The zero-order valence-corrected chi connectivity index (χ0v) is 18.9. The Labute approximate surface area is 186 Å². The maximum atomic E-state index is 12.4. The van der Waals surface area contributed by atoms with Gasteiger partial charge in [0.2, 0.25) is 0 Å². The van der Waals surface area contributed by atoms with Crippen molar-refractivity contribution in [1.82, 2.24) is 15.1 Å². The fourth-order valence-electron chi connectivity index (χ4n) is 3.98. The number of rotatable bonds is 7. The fourth-order valence-corrected chi connectivity index (χ4v) is 4.67. The lowest BCUT2D eigenvalue weighted by Gasteiger charge is -2.34. The van der Waals surface area contributed by atoms with Crippen molar-refractivity contribution in [3.8, 4) is 11.5 Å². The van der Waals surface area contributed by atoms with Crippen LogP contribution in [0.4, 0.5) is 0 Å². The number of amides is 2. The first-order valence-corrected chi connectivity index (χ1v) is 11.5. The molecule has 1 saturated heterocycles. The monoisotopic (exact) mass is 443 g/mol. The molecule has 1 fully saturated rings. The molecule has 8 heteroatoms. The summed E-state index contributed by atoms with van der Waals surface area (Å²) in [7, 11) is 0. The van der Waals surface area contributed by atoms with Gasteiger partial charge in [0, 0.05) is 51.3 Å². The molecule has 0 unspecified atom stereocenters. The Balaban J connectivity index is 1.15. The Morgan fingerprint density at radius 3 is 2.71 bits per heavy atom. The lowest BCUT2D eigenvalue weighted by molar-refractivity contribution is -0.123. The minimum atomic E-state index is -0.248. The second-order valence-corrected chi connectivity index (χ2v) is 9.48. The van der Waals surface area contributed by atoms with E-state index in [2.05, 4.69) is 10.2 Å². The number of hydrogen-bond acceptors (Lipinski definition) is 6. The molecular weight excluding hydrogens is 414 g/mol. The number of nitrogens with one attached hydrogen (secondary N) is 1. The molecule has 0 spiro atoms. The molecule has 0 atom stereocenters. The van der Waals surface area contributed by atoms with Crippen LogP contribution in [0.25, 0.3) is 0 Å². The van der Waals surface area contributed by atoms with Crippen LogP contribution >= 0.6 is 11.3 Å². The quantitative estimate of drug-likeness (QED) is 0.712. The number of thiophene rings is 1. The van der Waals surface area contributed by atoms with Crippen molar-refractivity contribution in [2.75, 3.05) is 45.9 Å². The molecule has 1 aromatic heterocycles. The van der Waals surface area contributed by atoms with Crippen LogP contribution in [0, 0.1) is 0 Å². The highest BCUT2D eigenvalue weighted by Crippen LogP contribution is 2.41. The zero-order chi connectivity index (χ0) is 21.8. The van der Waals surface area contributed by atoms with Crippen LogP contribution < -0.4 is 14.8 Å². The molecule has 3 heterocycles. The third kappa shape index (κ3) is 5.37. The molecule has 1 N–H and O–H groups in total. The van der Waals surface area contributed by atoms with E-state index < -0.39 is 0 Å². The highest BCUT2D eigenvalue weighted by atomic mass is 32.1. The first-order valence-electron chi connectivity index (χ1n) is 10.7. The number of benzene rings is 1. The summed E-state index contributed by atoms with van der Waals surface area (Å²) >= 11 is 1.48. The molecule has 2 aliphatic rings. The minimum Gasteiger partial charge on any atom is -0.483 e. The van der Waals surface area contributed by atoms with E-state index in [1.807, 2.05) is 54.5 Å². The van der Waals surface area contributed by atoms with Crippen molar-refractivity contribution < 1.29 is 19.1 Å². The van der Waals surface area contributed by atoms with E-state index >= 15 is 0 Å². The smallest absolute Gasteiger partial charge is 0.264 e. The summed E-state index contributed by atoms with van der Waals surface area (Å²) in [5, 5.41) is 4.84. The highest BCUT2D eigenvalue weighted by Gasteiger charge is 2.32. The summed E-state index contributed by atoms with van der Waals surface area (Å²) in [6.07, 6.45) is 0.831. The number of fused-ring (bicyclic) bond motifs is 1. The van der Waals surface area contributed by atoms with Gasteiger partial charge in [-0.3, -0.25) is 14.5 Å². The van der Waals surface area contributed by atoms with Gasteiger partial charge >= 0.3 is 0 Å². The molecule has 2 aromatic rings. The summed E-state index contributed by atoms with van der Waals surface area (Å²) in [6.45, 7) is 8.40. The third-order valence-corrected chi connectivity index (χ3v) is 6.41. The van der Waals surface area contributed by atoms with Crippen LogP contribution in [0.3, 0.4) is 0 Å². The predicted octanol–water partition coefficient (Wildman–Crippen LogP) is 2.41. The zero-order valence-electron chi connectivity index (χ0n) is 18.1. The first-order chi connectivity index (χ1) is 14.9. The predicted molar refractivity (Wildman–Crippen MR) is 120 cm³/mol. The topological polar surface area (TPSA) is 71.1 Å². The van der Waals surface area contributed by atoms with Gasteiger partial charge in [-0.2, -0.15) is 0 Å². The Hall–Kier alpha value is -2.58. The number of piperazine rings is 1. The van der Waals surface area contributed by atoms with Crippen molar-refractivity contribution in [3.05, 3.63) is 46.2 Å². The molecule has 31 heavy (non-hydrogen) atoms. The van der Waals surface area contributed by atoms with Crippen molar-refractivity contribution >= 4 is 23.2 Å². The minimum absolute atomic E-state index is 0.0384. The van der Waals surface area contributed by atoms with Gasteiger partial charge in [-0.25, -0.2) is 0 Å². The average Bonchev–Trinajstić information content (AvgIpc) is 3.39. The maximum Gasteiger partial charge on any atom is 0.264 e. The van der Waals surface area contributed by atoms with Crippen LogP contribution in [-0.2, 0) is 11.2 Å². The Morgan fingerprint density at radius 2 is 1.97 bits per heavy atom. The number of hydrogen-bond donors (Lipinski definition) is 1. The molecule has 2 amide bonds. The normalized spacial score (nSPS) is 17.7. The van der Waals surface area contributed by atoms with Crippen LogP contribution in [-0.4, -0.2) is 73.1 Å². The molecule has 0 saturated carbocycles. The van der Waals surface area contributed by atoms with Gasteiger partial charge in [-0.1, -0.05) is 18.2 Å². The SMILES string of the molecule is CC1(C)Cc2cccc(OCC(=O)NCCN3CCN(C(=O)c4cccs4)CC3)c2O1. The molecule has 0 bridgehead atoms. The first kappa shape index (κ1) is 21.6. The number of carbonyl (C=O) groups excluding carboxylic acids is 2. The van der Waals surface area contributed by atoms with E-state index in [0.717, 1.165) is 42.2 Å². The van der Waals surface area contributed by atoms with E-state index in [1.165, 1.54) is 11.3 Å². The van der Waals surface area contributed by atoms with E-state index in [0.29, 0.717) is 25.4 Å². The highest BCUT2D eigenvalue weighted by molar-refractivity contribution is 7.12. The van der Waals surface area contributed by atoms with E-state index in [1.54, 1.807) is 0 Å². The number of carbonyl (C=O) groups is 2. The molecule has 4 rings (SSSR count). The fraction of sp³-hybridized carbons (Fsp3) is 0.478.